The molecule has 148 valence electrons. The van der Waals surface area contributed by atoms with Gasteiger partial charge in [0.2, 0.25) is 0 Å². The quantitative estimate of drug-likeness (QED) is 0.689. The van der Waals surface area contributed by atoms with Gasteiger partial charge in [0.25, 0.3) is 11.8 Å². The zero-order valence-electron chi connectivity index (χ0n) is 16.3. The van der Waals surface area contributed by atoms with E-state index in [1.165, 1.54) is 11.8 Å². The highest BCUT2D eigenvalue weighted by Crippen LogP contribution is 2.19. The smallest absolute Gasteiger partial charge is 0.343 e. The highest BCUT2D eigenvalue weighted by atomic mass is 16.4. The highest BCUT2D eigenvalue weighted by molar-refractivity contribution is 6.06. The molecule has 0 radical (unpaired) electrons. The third-order valence-corrected chi connectivity index (χ3v) is 5.41. The van der Waals surface area contributed by atoms with E-state index in [4.69, 9.17) is 4.42 Å². The standard InChI is InChI=1S/C23H22N2O4/c1-2-16-7-9-17(10-8-16)21(26)24-11-13-25(14-12-24)22(27)20-15-29-23(28)19-6-4-3-5-18(19)20/h3-10,15H,2,11-14H2,1H3. The zero-order chi connectivity index (χ0) is 20.4. The number of aryl methyl sites for hydroxylation is 1. The van der Waals surface area contributed by atoms with Crippen LogP contribution in [0.5, 0.6) is 0 Å². The number of rotatable bonds is 3. The molecular formula is C23H22N2O4. The van der Waals surface area contributed by atoms with Crippen LogP contribution in [-0.2, 0) is 6.42 Å². The van der Waals surface area contributed by atoms with Gasteiger partial charge >= 0.3 is 5.63 Å². The fraction of sp³-hybridized carbons (Fsp3) is 0.261. The third-order valence-electron chi connectivity index (χ3n) is 5.41. The Kier molecular flexibility index (Phi) is 5.16. The molecule has 0 N–H and O–H groups in total. The largest absolute Gasteiger partial charge is 0.430 e. The number of benzene rings is 2. The van der Waals surface area contributed by atoms with Gasteiger partial charge in [-0.05, 0) is 30.2 Å². The Hall–Kier alpha value is -3.41. The SMILES string of the molecule is CCc1ccc(C(=O)N2CCN(C(=O)c3coc(=O)c4ccccc34)CC2)cc1. The van der Waals surface area contributed by atoms with E-state index in [1.54, 1.807) is 34.1 Å². The minimum absolute atomic E-state index is 0.0177. The first kappa shape index (κ1) is 18.9. The normalized spacial score (nSPS) is 14.2. The van der Waals surface area contributed by atoms with E-state index in [0.29, 0.717) is 48.1 Å². The van der Waals surface area contributed by atoms with Crippen LogP contribution in [-0.4, -0.2) is 47.8 Å². The average Bonchev–Trinajstić information content (AvgIpc) is 2.79. The Bertz CT molecular complexity index is 1110. The van der Waals surface area contributed by atoms with Crippen molar-refractivity contribution in [3.63, 3.8) is 0 Å². The van der Waals surface area contributed by atoms with E-state index < -0.39 is 5.63 Å². The van der Waals surface area contributed by atoms with Crippen molar-refractivity contribution in [2.45, 2.75) is 13.3 Å². The maximum atomic E-state index is 13.0. The fourth-order valence-electron chi connectivity index (χ4n) is 3.65. The summed E-state index contributed by atoms with van der Waals surface area (Å²) in [5.74, 6) is -0.208. The Balaban J connectivity index is 1.47. The molecule has 2 aromatic carbocycles. The van der Waals surface area contributed by atoms with Crippen LogP contribution in [0.1, 0.15) is 33.2 Å². The summed E-state index contributed by atoms with van der Waals surface area (Å²) in [6.45, 7) is 3.88. The molecule has 0 unspecified atom stereocenters. The van der Waals surface area contributed by atoms with Crippen LogP contribution in [0.25, 0.3) is 10.8 Å². The van der Waals surface area contributed by atoms with Crippen LogP contribution in [0.3, 0.4) is 0 Å². The van der Waals surface area contributed by atoms with E-state index in [0.717, 1.165) is 6.42 Å². The number of amides is 2. The van der Waals surface area contributed by atoms with Gasteiger partial charge in [0.15, 0.2) is 0 Å². The van der Waals surface area contributed by atoms with E-state index >= 15 is 0 Å². The molecule has 2 amide bonds. The minimum atomic E-state index is -0.457. The van der Waals surface area contributed by atoms with Crippen LogP contribution in [0.2, 0.25) is 0 Å². The number of piperazine rings is 1. The minimum Gasteiger partial charge on any atom is -0.430 e. The molecule has 1 saturated heterocycles. The molecule has 0 saturated carbocycles. The molecule has 1 aliphatic heterocycles. The summed E-state index contributed by atoms with van der Waals surface area (Å²) < 4.78 is 5.05. The Morgan fingerprint density at radius 1 is 0.862 bits per heavy atom. The molecular weight excluding hydrogens is 368 g/mol. The number of carbonyl (C=O) groups is 2. The zero-order valence-corrected chi connectivity index (χ0v) is 16.3. The van der Waals surface area contributed by atoms with Crippen molar-refractivity contribution in [1.29, 1.82) is 0 Å². The first-order valence-corrected chi connectivity index (χ1v) is 9.76. The monoisotopic (exact) mass is 390 g/mol. The summed E-state index contributed by atoms with van der Waals surface area (Å²) in [6, 6.07) is 14.6. The van der Waals surface area contributed by atoms with Gasteiger partial charge in [-0.15, -0.1) is 0 Å². The number of hydrogen-bond acceptors (Lipinski definition) is 4. The number of carbonyl (C=O) groups excluding carboxylic acids is 2. The maximum absolute atomic E-state index is 13.0. The second kappa shape index (κ2) is 7.91. The van der Waals surface area contributed by atoms with Crippen molar-refractivity contribution < 1.29 is 14.0 Å². The number of fused-ring (bicyclic) bond motifs is 1. The molecule has 6 nitrogen and oxygen atoms in total. The van der Waals surface area contributed by atoms with Gasteiger partial charge in [-0.2, -0.15) is 0 Å². The van der Waals surface area contributed by atoms with E-state index in [2.05, 4.69) is 6.92 Å². The Morgan fingerprint density at radius 2 is 1.45 bits per heavy atom. The van der Waals surface area contributed by atoms with Crippen molar-refractivity contribution >= 4 is 22.6 Å². The molecule has 4 rings (SSSR count). The summed E-state index contributed by atoms with van der Waals surface area (Å²) in [6.07, 6.45) is 2.17. The molecule has 1 aromatic heterocycles. The summed E-state index contributed by atoms with van der Waals surface area (Å²) >= 11 is 0. The lowest BCUT2D eigenvalue weighted by atomic mass is 10.1. The lowest BCUT2D eigenvalue weighted by Gasteiger charge is -2.35. The molecule has 6 heteroatoms. The van der Waals surface area contributed by atoms with Gasteiger partial charge in [0, 0.05) is 37.1 Å². The molecule has 0 aliphatic carbocycles. The first-order valence-electron chi connectivity index (χ1n) is 9.76. The van der Waals surface area contributed by atoms with E-state index in [1.807, 2.05) is 24.3 Å². The van der Waals surface area contributed by atoms with Crippen molar-refractivity contribution in [1.82, 2.24) is 9.80 Å². The van der Waals surface area contributed by atoms with E-state index in [-0.39, 0.29) is 11.8 Å². The Morgan fingerprint density at radius 3 is 2.07 bits per heavy atom. The molecule has 2 heterocycles. The van der Waals surface area contributed by atoms with Gasteiger partial charge in [0.1, 0.15) is 6.26 Å². The molecule has 1 aliphatic rings. The molecule has 0 bridgehead atoms. The molecule has 0 atom stereocenters. The lowest BCUT2D eigenvalue weighted by molar-refractivity contribution is 0.0535. The predicted octanol–water partition coefficient (Wildman–Crippen LogP) is 2.95. The van der Waals surface area contributed by atoms with Gasteiger partial charge in [-0.1, -0.05) is 37.3 Å². The predicted molar refractivity (Wildman–Crippen MR) is 110 cm³/mol. The van der Waals surface area contributed by atoms with Gasteiger partial charge in [-0.25, -0.2) is 4.79 Å². The van der Waals surface area contributed by atoms with Crippen LogP contribution in [0, 0.1) is 0 Å². The molecule has 0 spiro atoms. The van der Waals surface area contributed by atoms with Crippen molar-refractivity contribution in [3.8, 4) is 0 Å². The van der Waals surface area contributed by atoms with Crippen LogP contribution < -0.4 is 5.63 Å². The first-order chi connectivity index (χ1) is 14.1. The topological polar surface area (TPSA) is 70.8 Å². The molecule has 29 heavy (non-hydrogen) atoms. The van der Waals surface area contributed by atoms with Crippen LogP contribution in [0.15, 0.2) is 64.0 Å². The molecule has 3 aromatic rings. The molecule has 1 fully saturated rings. The van der Waals surface area contributed by atoms with Crippen molar-refractivity contribution in [2.75, 3.05) is 26.2 Å². The van der Waals surface area contributed by atoms with Crippen LogP contribution >= 0.6 is 0 Å². The second-order valence-electron chi connectivity index (χ2n) is 7.12. The van der Waals surface area contributed by atoms with Crippen molar-refractivity contribution in [2.24, 2.45) is 0 Å². The van der Waals surface area contributed by atoms with Gasteiger partial charge < -0.3 is 14.2 Å². The average molecular weight is 390 g/mol. The second-order valence-corrected chi connectivity index (χ2v) is 7.12. The third kappa shape index (κ3) is 3.66. The summed E-state index contributed by atoms with van der Waals surface area (Å²) in [5, 5.41) is 0.978. The summed E-state index contributed by atoms with van der Waals surface area (Å²) in [7, 11) is 0. The van der Waals surface area contributed by atoms with E-state index in [9.17, 15) is 14.4 Å². The highest BCUT2D eigenvalue weighted by Gasteiger charge is 2.27. The number of hydrogen-bond donors (Lipinski definition) is 0. The van der Waals surface area contributed by atoms with Gasteiger partial charge in [0.05, 0.1) is 10.9 Å². The number of nitrogens with zero attached hydrogens (tertiary/aromatic N) is 2. The summed E-state index contributed by atoms with van der Waals surface area (Å²) in [4.78, 5) is 41.1. The maximum Gasteiger partial charge on any atom is 0.343 e. The Labute approximate surface area is 168 Å². The van der Waals surface area contributed by atoms with Crippen molar-refractivity contribution in [3.05, 3.63) is 81.9 Å². The van der Waals surface area contributed by atoms with Crippen LogP contribution in [0.4, 0.5) is 0 Å². The lowest BCUT2D eigenvalue weighted by Crippen LogP contribution is -2.50. The summed E-state index contributed by atoms with van der Waals surface area (Å²) in [5.41, 5.74) is 1.77. The fourth-order valence-corrected chi connectivity index (χ4v) is 3.65. The van der Waals surface area contributed by atoms with Gasteiger partial charge in [-0.3, -0.25) is 9.59 Å².